The second kappa shape index (κ2) is 18.1. The quantitative estimate of drug-likeness (QED) is 0.0435. The Hall–Kier alpha value is -4.19. The van der Waals surface area contributed by atoms with Crippen molar-refractivity contribution in [3.63, 3.8) is 0 Å². The molecule has 18 nitrogen and oxygen atoms in total. The summed E-state index contributed by atoms with van der Waals surface area (Å²) in [6.45, 7) is 0.529. The third kappa shape index (κ3) is 15.0. The second-order valence-corrected chi connectivity index (χ2v) is 8.12. The van der Waals surface area contributed by atoms with Crippen LogP contribution in [-0.2, 0) is 24.0 Å². The van der Waals surface area contributed by atoms with Crippen molar-refractivity contribution in [1.29, 1.82) is 0 Å². The van der Waals surface area contributed by atoms with Crippen LogP contribution < -0.4 is 49.9 Å². The van der Waals surface area contributed by atoms with E-state index < -0.39 is 66.9 Å². The average molecular weight is 546 g/mol. The number of carbonyl (C=O) groups excluding carboxylic acids is 4. The van der Waals surface area contributed by atoms with Crippen LogP contribution in [0, 0.1) is 0 Å². The summed E-state index contributed by atoms with van der Waals surface area (Å²) in [7, 11) is 0. The van der Waals surface area contributed by atoms with Gasteiger partial charge in [-0.15, -0.1) is 0 Å². The molecule has 0 aliphatic rings. The molecule has 0 rings (SSSR count). The highest BCUT2D eigenvalue weighted by atomic mass is 16.4. The molecule has 4 amide bonds. The number of hydrogen-bond acceptors (Lipinski definition) is 9. The number of carbonyl (C=O) groups is 5. The van der Waals surface area contributed by atoms with Crippen molar-refractivity contribution in [2.75, 3.05) is 26.2 Å². The number of guanidine groups is 2. The summed E-state index contributed by atoms with van der Waals surface area (Å²) in [5.41, 5.74) is 26.2. The summed E-state index contributed by atoms with van der Waals surface area (Å²) in [6.07, 6.45) is -0.744. The van der Waals surface area contributed by atoms with Gasteiger partial charge >= 0.3 is 5.97 Å². The van der Waals surface area contributed by atoms with Crippen LogP contribution in [0.5, 0.6) is 0 Å². The zero-order chi connectivity index (χ0) is 29.3. The lowest BCUT2D eigenvalue weighted by molar-refractivity contribution is -0.142. The molecule has 0 aliphatic heterocycles. The molecule has 0 aromatic carbocycles. The van der Waals surface area contributed by atoms with Gasteiger partial charge < -0.3 is 60.1 Å². The van der Waals surface area contributed by atoms with Crippen molar-refractivity contribution < 1.29 is 34.2 Å². The van der Waals surface area contributed by atoms with E-state index >= 15 is 0 Å². The lowest BCUT2D eigenvalue weighted by Gasteiger charge is -2.24. The molecule has 0 radical (unpaired) electrons. The summed E-state index contributed by atoms with van der Waals surface area (Å²) in [4.78, 5) is 68.2. The predicted molar refractivity (Wildman–Crippen MR) is 137 cm³/mol. The van der Waals surface area contributed by atoms with Crippen LogP contribution >= 0.6 is 0 Å². The summed E-state index contributed by atoms with van der Waals surface area (Å²) in [5.74, 6) is -4.77. The summed E-state index contributed by atoms with van der Waals surface area (Å²) >= 11 is 0. The van der Waals surface area contributed by atoms with E-state index in [4.69, 9.17) is 28.7 Å². The highest BCUT2D eigenvalue weighted by Crippen LogP contribution is 2.02. The minimum absolute atomic E-state index is 0.0237. The lowest BCUT2D eigenvalue weighted by Crippen LogP contribution is -2.58. The van der Waals surface area contributed by atoms with Crippen LogP contribution in [0.1, 0.15) is 32.6 Å². The molecule has 0 heterocycles. The summed E-state index contributed by atoms with van der Waals surface area (Å²) < 4.78 is 0. The van der Waals surface area contributed by atoms with E-state index in [0.717, 1.165) is 0 Å². The number of aliphatic hydroxyl groups is 1. The molecule has 16 N–H and O–H groups in total. The fourth-order valence-corrected chi connectivity index (χ4v) is 2.97. The molecule has 0 fully saturated rings. The topological polar surface area (TPSA) is 329 Å². The first-order valence-electron chi connectivity index (χ1n) is 11.7. The largest absolute Gasteiger partial charge is 0.480 e. The zero-order valence-electron chi connectivity index (χ0n) is 21.2. The van der Waals surface area contributed by atoms with Crippen LogP contribution in [0.3, 0.4) is 0 Å². The smallest absolute Gasteiger partial charge is 0.326 e. The maximum atomic E-state index is 12.8. The molecule has 38 heavy (non-hydrogen) atoms. The van der Waals surface area contributed by atoms with Crippen molar-refractivity contribution >= 4 is 41.5 Å². The number of rotatable bonds is 18. The van der Waals surface area contributed by atoms with E-state index in [-0.39, 0.29) is 50.7 Å². The number of aliphatic carboxylic acids is 1. The zero-order valence-corrected chi connectivity index (χ0v) is 21.2. The van der Waals surface area contributed by atoms with Crippen molar-refractivity contribution in [2.45, 2.75) is 56.8 Å². The minimum Gasteiger partial charge on any atom is -0.480 e. The lowest BCUT2D eigenvalue weighted by atomic mass is 10.1. The van der Waals surface area contributed by atoms with Crippen LogP contribution in [0.25, 0.3) is 0 Å². The molecule has 18 heteroatoms. The van der Waals surface area contributed by atoms with E-state index in [9.17, 15) is 34.2 Å². The molecule has 0 aromatic rings. The molecule has 0 bridgehead atoms. The van der Waals surface area contributed by atoms with Gasteiger partial charge in [-0.3, -0.25) is 29.2 Å². The monoisotopic (exact) mass is 545 g/mol. The molecule has 0 spiro atoms. The molecule has 216 valence electrons. The van der Waals surface area contributed by atoms with Gasteiger partial charge in [0.15, 0.2) is 11.9 Å². The first-order chi connectivity index (χ1) is 17.8. The number of nitrogens with zero attached hydrogens (tertiary/aromatic N) is 2. The van der Waals surface area contributed by atoms with Crippen molar-refractivity contribution in [2.24, 2.45) is 38.7 Å². The van der Waals surface area contributed by atoms with Gasteiger partial charge in [-0.25, -0.2) is 4.79 Å². The highest BCUT2D eigenvalue weighted by molar-refractivity contribution is 5.94. The Kier molecular flexibility index (Phi) is 16.1. The number of carboxylic acid groups (broad SMARTS) is 1. The second-order valence-electron chi connectivity index (χ2n) is 8.12. The number of aliphatic imine (C=N–C) groups is 2. The third-order valence-electron chi connectivity index (χ3n) is 4.85. The number of amides is 4. The van der Waals surface area contributed by atoms with Crippen LogP contribution in [0.4, 0.5) is 0 Å². The average Bonchev–Trinajstić information content (AvgIpc) is 2.83. The molecule has 0 aliphatic carbocycles. The van der Waals surface area contributed by atoms with E-state index in [1.807, 2.05) is 0 Å². The van der Waals surface area contributed by atoms with E-state index in [0.29, 0.717) is 0 Å². The third-order valence-corrected chi connectivity index (χ3v) is 4.85. The van der Waals surface area contributed by atoms with Gasteiger partial charge in [0.1, 0.15) is 18.1 Å². The Morgan fingerprint density at radius 2 is 1.32 bits per heavy atom. The van der Waals surface area contributed by atoms with Gasteiger partial charge in [-0.05, 0) is 32.6 Å². The Labute approximate surface area is 219 Å². The summed E-state index contributed by atoms with van der Waals surface area (Å²) in [5, 5.41) is 28.4. The van der Waals surface area contributed by atoms with E-state index in [2.05, 4.69) is 31.3 Å². The number of aliphatic hydroxyl groups excluding tert-OH is 1. The SMILES string of the molecule is C[C@@H](O)[C@H](NC(=O)CN)C(=O)N[C@@H](CCCN=C(N)N)C(=O)NCC(=O)N[C@@H](CCCN=C(N)N)C(=O)O. The molecule has 4 atom stereocenters. The van der Waals surface area contributed by atoms with Gasteiger partial charge in [-0.2, -0.15) is 0 Å². The first kappa shape index (κ1) is 33.8. The normalized spacial score (nSPS) is 13.6. The van der Waals surface area contributed by atoms with Gasteiger partial charge in [0, 0.05) is 13.1 Å². The van der Waals surface area contributed by atoms with Gasteiger partial charge in [0.25, 0.3) is 0 Å². The summed E-state index contributed by atoms with van der Waals surface area (Å²) in [6, 6.07) is -3.87. The predicted octanol–water partition coefficient (Wildman–Crippen LogP) is -5.91. The number of carboxylic acids is 1. The van der Waals surface area contributed by atoms with Crippen LogP contribution in [0.2, 0.25) is 0 Å². The van der Waals surface area contributed by atoms with Gasteiger partial charge in [0.2, 0.25) is 23.6 Å². The highest BCUT2D eigenvalue weighted by Gasteiger charge is 2.29. The number of nitrogens with two attached hydrogens (primary N) is 5. The van der Waals surface area contributed by atoms with Crippen molar-refractivity contribution in [3.8, 4) is 0 Å². The molecular formula is C20H39N11O7. The Balaban J connectivity index is 5.23. The van der Waals surface area contributed by atoms with E-state index in [1.54, 1.807) is 0 Å². The van der Waals surface area contributed by atoms with Crippen LogP contribution in [-0.4, -0.2) is 102 Å². The van der Waals surface area contributed by atoms with Crippen LogP contribution in [0.15, 0.2) is 9.98 Å². The minimum atomic E-state index is -1.40. The number of hydrogen-bond donors (Lipinski definition) is 11. The standard InChI is InChI=1S/C20H39N11O7/c1-10(32)15(31-13(33)8-21)17(36)30-11(4-2-6-26-19(22)23)16(35)28-9-14(34)29-12(18(37)38)5-3-7-27-20(24)25/h10-12,15,32H,2-9,21H2,1H3,(H,28,35)(H,29,34)(H,30,36)(H,31,33)(H,37,38)(H4,22,23,26)(H4,24,25,27)/t10-,11+,12+,15+/m1/s1. The molecular weight excluding hydrogens is 506 g/mol. The fraction of sp³-hybridized carbons (Fsp3) is 0.650. The Bertz CT molecular complexity index is 871. The fourth-order valence-electron chi connectivity index (χ4n) is 2.97. The molecule has 0 unspecified atom stereocenters. The number of nitrogens with one attached hydrogen (secondary N) is 4. The maximum absolute atomic E-state index is 12.8. The molecule has 0 saturated carbocycles. The molecule has 0 aromatic heterocycles. The van der Waals surface area contributed by atoms with E-state index in [1.165, 1.54) is 6.92 Å². The Morgan fingerprint density at radius 1 is 0.789 bits per heavy atom. The van der Waals surface area contributed by atoms with Crippen molar-refractivity contribution in [3.05, 3.63) is 0 Å². The van der Waals surface area contributed by atoms with Gasteiger partial charge in [-0.1, -0.05) is 0 Å². The molecule has 0 saturated heterocycles. The van der Waals surface area contributed by atoms with Crippen molar-refractivity contribution in [1.82, 2.24) is 21.3 Å². The first-order valence-corrected chi connectivity index (χ1v) is 11.7. The van der Waals surface area contributed by atoms with Gasteiger partial charge in [0.05, 0.1) is 19.2 Å². The maximum Gasteiger partial charge on any atom is 0.326 e. The Morgan fingerprint density at radius 3 is 1.76 bits per heavy atom.